The molecule has 1 aromatic rings. The van der Waals surface area contributed by atoms with Crippen molar-refractivity contribution in [2.45, 2.75) is 31.2 Å². The first-order chi connectivity index (χ1) is 9.63. The summed E-state index contributed by atoms with van der Waals surface area (Å²) in [6.07, 6.45) is 2.36. The molecule has 0 spiro atoms. The predicted octanol–water partition coefficient (Wildman–Crippen LogP) is 2.75. The summed E-state index contributed by atoms with van der Waals surface area (Å²) in [6.45, 7) is 4.55. The Morgan fingerprint density at radius 1 is 1.43 bits per heavy atom. The molecule has 0 saturated heterocycles. The Kier molecular flexibility index (Phi) is 7.06. The highest BCUT2D eigenvalue weighted by atomic mass is 79.9. The van der Waals surface area contributed by atoms with Crippen LogP contribution in [0.25, 0.3) is 0 Å². The molecule has 1 aromatic heterocycles. The van der Waals surface area contributed by atoms with E-state index in [1.807, 2.05) is 19.0 Å². The van der Waals surface area contributed by atoms with Gasteiger partial charge < -0.3 is 4.90 Å². The van der Waals surface area contributed by atoms with E-state index in [9.17, 15) is 8.42 Å². The van der Waals surface area contributed by atoms with Gasteiger partial charge in [-0.25, -0.2) is 18.1 Å². The van der Waals surface area contributed by atoms with Gasteiger partial charge in [0.2, 0.25) is 10.0 Å². The number of halogens is 2. The van der Waals surface area contributed by atoms with E-state index in [0.29, 0.717) is 16.9 Å². The minimum Gasteiger partial charge on any atom is -0.305 e. The summed E-state index contributed by atoms with van der Waals surface area (Å²) < 4.78 is 27.9. The Labute approximate surface area is 140 Å². The number of likely N-dealkylation sites (N-methyl/N-ethyl adjacent to an activating group) is 1. The summed E-state index contributed by atoms with van der Waals surface area (Å²) in [5, 5.41) is -0.0315. The van der Waals surface area contributed by atoms with Crippen LogP contribution in [-0.2, 0) is 10.0 Å². The molecule has 0 aliphatic heterocycles. The van der Waals surface area contributed by atoms with E-state index in [2.05, 4.69) is 39.5 Å². The number of nitrogens with one attached hydrogen (secondary N) is 1. The van der Waals surface area contributed by atoms with Crippen LogP contribution in [0.2, 0.25) is 5.15 Å². The normalized spacial score (nSPS) is 13.9. The third kappa shape index (κ3) is 5.83. The summed E-state index contributed by atoms with van der Waals surface area (Å²) in [5.41, 5.74) is 0. The van der Waals surface area contributed by atoms with Crippen molar-refractivity contribution in [1.82, 2.24) is 14.6 Å². The van der Waals surface area contributed by atoms with E-state index >= 15 is 0 Å². The molecule has 0 aromatic carbocycles. The number of rotatable bonds is 7. The maximum atomic E-state index is 12.3. The summed E-state index contributed by atoms with van der Waals surface area (Å²) in [7, 11) is 0.200. The lowest BCUT2D eigenvalue weighted by atomic mass is 10.0. The number of aromatic nitrogens is 1. The second-order valence-corrected chi connectivity index (χ2v) is 8.55. The van der Waals surface area contributed by atoms with Gasteiger partial charge in [0.15, 0.2) is 0 Å². The lowest BCUT2D eigenvalue weighted by Gasteiger charge is -2.26. The van der Waals surface area contributed by atoms with Crippen molar-refractivity contribution >= 4 is 37.6 Å². The van der Waals surface area contributed by atoms with Crippen molar-refractivity contribution in [3.8, 4) is 0 Å². The zero-order valence-electron chi connectivity index (χ0n) is 12.6. The van der Waals surface area contributed by atoms with Crippen molar-refractivity contribution in [2.75, 3.05) is 20.6 Å². The molecule has 1 unspecified atom stereocenters. The van der Waals surface area contributed by atoms with Crippen LogP contribution in [-0.4, -0.2) is 45.0 Å². The summed E-state index contributed by atoms with van der Waals surface area (Å²) in [6, 6.07) is 1.57. The molecule has 0 amide bonds. The second-order valence-electron chi connectivity index (χ2n) is 5.54. The van der Waals surface area contributed by atoms with E-state index < -0.39 is 10.0 Å². The summed E-state index contributed by atoms with van der Waals surface area (Å²) in [5.74, 6) is 0.484. The highest BCUT2D eigenvalue weighted by Crippen LogP contribution is 2.22. The van der Waals surface area contributed by atoms with Crippen LogP contribution in [0.3, 0.4) is 0 Å². The standard InChI is InChI=1S/C13H21BrClN3O2S/c1-9(2)5-11(18(3)4)8-17-21(19,20)12-6-10(14)7-16-13(12)15/h6-7,9,11,17H,5,8H2,1-4H3. The molecular weight excluding hydrogens is 378 g/mol. The SMILES string of the molecule is CC(C)CC(CNS(=O)(=O)c1cc(Br)cnc1Cl)N(C)C. The molecule has 0 aliphatic rings. The van der Waals surface area contributed by atoms with Crippen LogP contribution in [0, 0.1) is 5.92 Å². The van der Waals surface area contributed by atoms with Gasteiger partial charge in [0.05, 0.1) is 0 Å². The fraction of sp³-hybridized carbons (Fsp3) is 0.615. The highest BCUT2D eigenvalue weighted by Gasteiger charge is 2.22. The van der Waals surface area contributed by atoms with Crippen LogP contribution in [0.4, 0.5) is 0 Å². The van der Waals surface area contributed by atoms with Crippen molar-refractivity contribution < 1.29 is 8.42 Å². The monoisotopic (exact) mass is 397 g/mol. The van der Waals surface area contributed by atoms with E-state index in [-0.39, 0.29) is 16.1 Å². The Bertz CT molecular complexity index is 579. The molecule has 1 atom stereocenters. The average molecular weight is 399 g/mol. The molecule has 1 heterocycles. The minimum atomic E-state index is -3.68. The number of pyridine rings is 1. The molecule has 5 nitrogen and oxygen atoms in total. The first kappa shape index (κ1) is 18.8. The average Bonchev–Trinajstić information content (AvgIpc) is 2.36. The molecule has 0 fully saturated rings. The van der Waals surface area contributed by atoms with Gasteiger partial charge in [-0.15, -0.1) is 0 Å². The number of hydrogen-bond donors (Lipinski definition) is 1. The van der Waals surface area contributed by atoms with Gasteiger partial charge in [-0.05, 0) is 48.4 Å². The van der Waals surface area contributed by atoms with Crippen molar-refractivity contribution in [3.63, 3.8) is 0 Å². The van der Waals surface area contributed by atoms with Crippen LogP contribution in [0.5, 0.6) is 0 Å². The molecule has 1 N–H and O–H groups in total. The quantitative estimate of drug-likeness (QED) is 0.717. The van der Waals surface area contributed by atoms with Gasteiger partial charge in [0.25, 0.3) is 0 Å². The van der Waals surface area contributed by atoms with Gasteiger partial charge in [-0.1, -0.05) is 25.4 Å². The van der Waals surface area contributed by atoms with Gasteiger partial charge >= 0.3 is 0 Å². The smallest absolute Gasteiger partial charge is 0.243 e. The third-order valence-corrected chi connectivity index (χ3v) is 5.33. The third-order valence-electron chi connectivity index (χ3n) is 3.05. The first-order valence-corrected chi connectivity index (χ1v) is 9.26. The predicted molar refractivity (Wildman–Crippen MR) is 89.1 cm³/mol. The van der Waals surface area contributed by atoms with Gasteiger partial charge in [-0.2, -0.15) is 0 Å². The highest BCUT2D eigenvalue weighted by molar-refractivity contribution is 9.10. The number of hydrogen-bond acceptors (Lipinski definition) is 4. The van der Waals surface area contributed by atoms with E-state index in [1.165, 1.54) is 12.3 Å². The number of nitrogens with zero attached hydrogens (tertiary/aromatic N) is 2. The lowest BCUT2D eigenvalue weighted by molar-refractivity contribution is 0.255. The molecule has 1 rings (SSSR count). The maximum Gasteiger partial charge on any atom is 0.243 e. The lowest BCUT2D eigenvalue weighted by Crippen LogP contribution is -2.41. The van der Waals surface area contributed by atoms with Gasteiger partial charge in [-0.3, -0.25) is 0 Å². The van der Waals surface area contributed by atoms with Crippen molar-refractivity contribution in [2.24, 2.45) is 5.92 Å². The summed E-state index contributed by atoms with van der Waals surface area (Å²) in [4.78, 5) is 5.85. The molecule has 0 saturated carbocycles. The summed E-state index contributed by atoms with van der Waals surface area (Å²) >= 11 is 9.08. The first-order valence-electron chi connectivity index (χ1n) is 6.60. The van der Waals surface area contributed by atoms with E-state index in [0.717, 1.165) is 6.42 Å². The Balaban J connectivity index is 2.87. The Morgan fingerprint density at radius 3 is 2.57 bits per heavy atom. The molecule has 120 valence electrons. The fourth-order valence-electron chi connectivity index (χ4n) is 1.90. The van der Waals surface area contributed by atoms with Crippen molar-refractivity contribution in [3.05, 3.63) is 21.9 Å². The van der Waals surface area contributed by atoms with Crippen LogP contribution < -0.4 is 4.72 Å². The second kappa shape index (κ2) is 7.87. The van der Waals surface area contributed by atoms with Crippen molar-refractivity contribution in [1.29, 1.82) is 0 Å². The van der Waals surface area contributed by atoms with E-state index in [1.54, 1.807) is 0 Å². The zero-order chi connectivity index (χ0) is 16.2. The largest absolute Gasteiger partial charge is 0.305 e. The van der Waals surface area contributed by atoms with Crippen LogP contribution in [0.1, 0.15) is 20.3 Å². The maximum absolute atomic E-state index is 12.3. The molecular formula is C13H21BrClN3O2S. The molecule has 0 aliphatic carbocycles. The van der Waals surface area contributed by atoms with Gasteiger partial charge in [0, 0.05) is 23.3 Å². The molecule has 21 heavy (non-hydrogen) atoms. The Hall–Kier alpha value is -0.210. The van der Waals surface area contributed by atoms with Crippen LogP contribution in [0.15, 0.2) is 21.6 Å². The molecule has 8 heteroatoms. The number of sulfonamides is 1. The van der Waals surface area contributed by atoms with E-state index in [4.69, 9.17) is 11.6 Å². The zero-order valence-corrected chi connectivity index (χ0v) is 15.8. The Morgan fingerprint density at radius 2 is 2.05 bits per heavy atom. The minimum absolute atomic E-state index is 0.0133. The fourth-order valence-corrected chi connectivity index (χ4v) is 3.91. The molecule has 0 radical (unpaired) electrons. The molecule has 0 bridgehead atoms. The topological polar surface area (TPSA) is 62.3 Å². The van der Waals surface area contributed by atoms with Crippen LogP contribution >= 0.6 is 27.5 Å². The van der Waals surface area contributed by atoms with Gasteiger partial charge in [0.1, 0.15) is 10.0 Å².